The maximum atomic E-state index is 6.30. The Morgan fingerprint density at radius 1 is 1.18 bits per heavy atom. The van der Waals surface area contributed by atoms with Gasteiger partial charge in [0.15, 0.2) is 0 Å². The summed E-state index contributed by atoms with van der Waals surface area (Å²) in [6.07, 6.45) is 8.05. The van der Waals surface area contributed by atoms with Crippen LogP contribution >= 0.6 is 0 Å². The van der Waals surface area contributed by atoms with Gasteiger partial charge in [-0.15, -0.1) is 0 Å². The molecule has 1 fully saturated rings. The lowest BCUT2D eigenvalue weighted by molar-refractivity contribution is -0.00859. The summed E-state index contributed by atoms with van der Waals surface area (Å²) in [7, 11) is 0. The molecule has 22 heavy (non-hydrogen) atoms. The normalized spacial score (nSPS) is 26.2. The Morgan fingerprint density at radius 3 is 2.86 bits per heavy atom. The number of hydrogen-bond acceptors (Lipinski definition) is 2. The minimum absolute atomic E-state index is 0.0932. The number of aromatic nitrogens is 1. The first-order valence-electron chi connectivity index (χ1n) is 8.73. The molecule has 2 heterocycles. The summed E-state index contributed by atoms with van der Waals surface area (Å²) in [4.78, 5) is 3.65. The molecular weight excluding hydrogens is 272 g/mol. The van der Waals surface area contributed by atoms with E-state index in [1.165, 1.54) is 54.3 Å². The van der Waals surface area contributed by atoms with Gasteiger partial charge in [0.05, 0.1) is 18.2 Å². The van der Waals surface area contributed by atoms with Crippen molar-refractivity contribution in [3.63, 3.8) is 0 Å². The average Bonchev–Trinajstić information content (AvgIpc) is 2.95. The predicted molar refractivity (Wildman–Crippen MR) is 90.2 cm³/mol. The molecule has 0 bridgehead atoms. The fraction of sp³-hybridized carbons (Fsp3) is 0.579. The number of H-pyrrole nitrogens is 1. The molecular formula is C19H26N2O. The van der Waals surface area contributed by atoms with E-state index in [1.54, 1.807) is 0 Å². The predicted octanol–water partition coefficient (Wildman–Crippen LogP) is 3.88. The zero-order valence-electron chi connectivity index (χ0n) is 13.5. The highest BCUT2D eigenvalue weighted by Gasteiger charge is 2.35. The molecule has 1 aromatic heterocycles. The van der Waals surface area contributed by atoms with Crippen LogP contribution in [0.2, 0.25) is 0 Å². The zero-order chi connectivity index (χ0) is 15.0. The van der Waals surface area contributed by atoms with Crippen LogP contribution in [-0.2, 0) is 16.7 Å². The average molecular weight is 298 g/mol. The summed E-state index contributed by atoms with van der Waals surface area (Å²) >= 11 is 0. The number of ether oxygens (including phenoxy) is 1. The van der Waals surface area contributed by atoms with E-state index in [-0.39, 0.29) is 5.54 Å². The van der Waals surface area contributed by atoms with Crippen LogP contribution in [0, 0.1) is 0 Å². The molecule has 1 aliphatic carbocycles. The van der Waals surface area contributed by atoms with Gasteiger partial charge in [-0.05, 0) is 37.8 Å². The van der Waals surface area contributed by atoms with Gasteiger partial charge in [0.25, 0.3) is 0 Å². The van der Waals surface area contributed by atoms with Crippen LogP contribution in [0.15, 0.2) is 24.3 Å². The van der Waals surface area contributed by atoms with Crippen LogP contribution in [0.1, 0.15) is 50.3 Å². The molecule has 1 aromatic carbocycles. The Kier molecular flexibility index (Phi) is 3.71. The third-order valence-electron chi connectivity index (χ3n) is 5.42. The maximum absolute atomic E-state index is 6.30. The number of fused-ring (bicyclic) bond motifs is 3. The van der Waals surface area contributed by atoms with Crippen molar-refractivity contribution in [3.05, 3.63) is 35.5 Å². The molecule has 1 unspecified atom stereocenters. The van der Waals surface area contributed by atoms with Crippen LogP contribution in [0.3, 0.4) is 0 Å². The van der Waals surface area contributed by atoms with Gasteiger partial charge < -0.3 is 15.0 Å². The Hall–Kier alpha value is -1.32. The van der Waals surface area contributed by atoms with E-state index in [1.807, 2.05) is 0 Å². The summed E-state index contributed by atoms with van der Waals surface area (Å²) in [5, 5.41) is 5.07. The molecule has 4 rings (SSSR count). The minimum atomic E-state index is -0.0932. The van der Waals surface area contributed by atoms with Crippen LogP contribution in [-0.4, -0.2) is 24.2 Å². The van der Waals surface area contributed by atoms with Crippen molar-refractivity contribution in [3.8, 4) is 0 Å². The first-order valence-corrected chi connectivity index (χ1v) is 8.73. The second-order valence-electron chi connectivity index (χ2n) is 7.10. The van der Waals surface area contributed by atoms with Crippen molar-refractivity contribution in [2.45, 2.75) is 57.1 Å². The van der Waals surface area contributed by atoms with Crippen molar-refractivity contribution in [2.24, 2.45) is 0 Å². The Balaban J connectivity index is 1.60. The zero-order valence-corrected chi connectivity index (χ0v) is 13.5. The van der Waals surface area contributed by atoms with Crippen molar-refractivity contribution < 1.29 is 4.74 Å². The first-order chi connectivity index (χ1) is 10.8. The highest BCUT2D eigenvalue weighted by atomic mass is 16.5. The van der Waals surface area contributed by atoms with Crippen molar-refractivity contribution in [1.82, 2.24) is 10.3 Å². The van der Waals surface area contributed by atoms with Crippen LogP contribution in [0.25, 0.3) is 10.9 Å². The number of nitrogens with one attached hydrogen (secondary N) is 2. The maximum Gasteiger partial charge on any atom is 0.0797 e. The molecule has 1 atom stereocenters. The largest absolute Gasteiger partial charge is 0.376 e. The molecule has 1 aliphatic heterocycles. The van der Waals surface area contributed by atoms with Gasteiger partial charge in [-0.25, -0.2) is 0 Å². The summed E-state index contributed by atoms with van der Waals surface area (Å²) in [6.45, 7) is 4.07. The Morgan fingerprint density at radius 2 is 2.00 bits per heavy atom. The quantitative estimate of drug-likeness (QED) is 0.902. The van der Waals surface area contributed by atoms with E-state index in [2.05, 4.69) is 41.5 Å². The number of aromatic amines is 1. The summed E-state index contributed by atoms with van der Waals surface area (Å²) in [5.74, 6) is 0. The van der Waals surface area contributed by atoms with Gasteiger partial charge in [0.1, 0.15) is 0 Å². The summed E-state index contributed by atoms with van der Waals surface area (Å²) < 4.78 is 6.30. The van der Waals surface area contributed by atoms with Gasteiger partial charge >= 0.3 is 0 Å². The van der Waals surface area contributed by atoms with Crippen molar-refractivity contribution in [1.29, 1.82) is 0 Å². The molecule has 2 aromatic rings. The number of benzene rings is 1. The van der Waals surface area contributed by atoms with E-state index < -0.39 is 0 Å². The second kappa shape index (κ2) is 5.71. The highest BCUT2D eigenvalue weighted by molar-refractivity contribution is 5.85. The highest BCUT2D eigenvalue weighted by Crippen LogP contribution is 2.34. The molecule has 118 valence electrons. The number of hydrogen-bond donors (Lipinski definition) is 2. The number of para-hydroxylation sites is 1. The summed E-state index contributed by atoms with van der Waals surface area (Å²) in [5.41, 5.74) is 3.96. The topological polar surface area (TPSA) is 37.0 Å². The second-order valence-corrected chi connectivity index (χ2v) is 7.10. The van der Waals surface area contributed by atoms with Crippen molar-refractivity contribution >= 4 is 10.9 Å². The van der Waals surface area contributed by atoms with Gasteiger partial charge in [0.2, 0.25) is 0 Å². The van der Waals surface area contributed by atoms with Crippen LogP contribution in [0.4, 0.5) is 0 Å². The lowest BCUT2D eigenvalue weighted by atomic mass is 9.89. The molecule has 0 spiro atoms. The monoisotopic (exact) mass is 298 g/mol. The smallest absolute Gasteiger partial charge is 0.0797 e. The SMILES string of the molecule is CC1(COC2CCCCC2)NCCc2c1[nH]c1ccccc21. The van der Waals surface area contributed by atoms with Crippen molar-refractivity contribution in [2.75, 3.05) is 13.2 Å². The third kappa shape index (κ3) is 2.46. The lowest BCUT2D eigenvalue weighted by Gasteiger charge is -2.36. The first kappa shape index (κ1) is 14.3. The van der Waals surface area contributed by atoms with E-state index in [0.29, 0.717) is 6.10 Å². The molecule has 2 aliphatic rings. The molecule has 0 radical (unpaired) electrons. The van der Waals surface area contributed by atoms with E-state index in [0.717, 1.165) is 19.6 Å². The Labute approximate surface area is 132 Å². The van der Waals surface area contributed by atoms with E-state index in [4.69, 9.17) is 4.74 Å². The van der Waals surface area contributed by atoms with Gasteiger partial charge in [-0.1, -0.05) is 37.5 Å². The summed E-state index contributed by atoms with van der Waals surface area (Å²) in [6, 6.07) is 8.65. The molecule has 0 saturated heterocycles. The van der Waals surface area contributed by atoms with Gasteiger partial charge in [-0.2, -0.15) is 0 Å². The molecule has 3 heteroatoms. The van der Waals surface area contributed by atoms with Crippen LogP contribution in [0.5, 0.6) is 0 Å². The lowest BCUT2D eigenvalue weighted by Crippen LogP contribution is -2.49. The standard InChI is InChI=1S/C19H26N2O/c1-19(13-22-14-7-3-2-4-8-14)18-16(11-12-20-19)15-9-5-6-10-17(15)21-18/h5-6,9-10,14,20-21H,2-4,7-8,11-13H2,1H3. The van der Waals surface area contributed by atoms with Gasteiger partial charge in [0, 0.05) is 23.1 Å². The van der Waals surface area contributed by atoms with Crippen LogP contribution < -0.4 is 5.32 Å². The third-order valence-corrected chi connectivity index (χ3v) is 5.42. The number of rotatable bonds is 3. The molecule has 3 nitrogen and oxygen atoms in total. The molecule has 0 amide bonds. The van der Waals surface area contributed by atoms with Gasteiger partial charge in [-0.3, -0.25) is 0 Å². The minimum Gasteiger partial charge on any atom is -0.376 e. The fourth-order valence-electron chi connectivity index (χ4n) is 4.12. The fourth-order valence-corrected chi connectivity index (χ4v) is 4.12. The molecule has 2 N–H and O–H groups in total. The molecule has 1 saturated carbocycles. The van der Waals surface area contributed by atoms with E-state index in [9.17, 15) is 0 Å². The van der Waals surface area contributed by atoms with E-state index >= 15 is 0 Å². The Bertz CT molecular complexity index is 656.